The number of hydrogen-bond donors (Lipinski definition) is 0. The SMILES string of the molecule is CC1(C)c2ccccc2-c2c(-c3ccccc3)cc(N(c3cc4ccc3CCc3ccc(c(N(c5ccccc5)c5ccccc5)c3)CC4)c3ccccc3-c3ccccc3)cc21. The highest BCUT2D eigenvalue weighted by Crippen LogP contribution is 2.55. The van der Waals surface area contributed by atoms with Crippen molar-refractivity contribution in [1.29, 1.82) is 0 Å². The van der Waals surface area contributed by atoms with Gasteiger partial charge in [-0.1, -0.05) is 178 Å². The molecule has 9 aromatic carbocycles. The average molecular weight is 811 g/mol. The monoisotopic (exact) mass is 810 g/mol. The minimum Gasteiger partial charge on any atom is -0.310 e. The molecule has 0 aliphatic heterocycles. The fourth-order valence-corrected chi connectivity index (χ4v) is 10.2. The molecule has 0 heterocycles. The molecule has 0 fully saturated rings. The molecule has 0 saturated heterocycles. The molecule has 0 unspecified atom stereocenters. The van der Waals surface area contributed by atoms with Crippen LogP contribution in [0.5, 0.6) is 0 Å². The Labute approximate surface area is 372 Å². The van der Waals surface area contributed by atoms with Gasteiger partial charge in [0.05, 0.1) is 5.69 Å². The Balaban J connectivity index is 1.10. The van der Waals surface area contributed by atoms with Crippen LogP contribution in [0.3, 0.4) is 0 Å². The Bertz CT molecular complexity index is 3040. The molecule has 4 bridgehead atoms. The summed E-state index contributed by atoms with van der Waals surface area (Å²) in [5.41, 5.74) is 22.7. The van der Waals surface area contributed by atoms with Crippen LogP contribution in [0.2, 0.25) is 0 Å². The first-order valence-electron chi connectivity index (χ1n) is 22.4. The standard InChI is InChI=1S/C61H50N2/c1-61(2)55-29-17-15-28-53(55)60-54(46-21-9-4-10-22-46)41-51(42-56(60)61)63(57-30-18-16-27-52(57)45-19-7-3-8-20-45)59-40-44-32-36-47-35-31-43(33-37-48(59)38-34-44)39-58(47)62(49-23-11-5-12-24-49)50-25-13-6-14-26-50/h3-31,34-35,38-42H,32-33,36-37H2,1-2H3. The predicted octanol–water partition coefficient (Wildman–Crippen LogP) is 16.2. The maximum absolute atomic E-state index is 2.60. The third-order valence-electron chi connectivity index (χ3n) is 13.4. The summed E-state index contributed by atoms with van der Waals surface area (Å²) in [4.78, 5) is 5.04. The van der Waals surface area contributed by atoms with Crippen molar-refractivity contribution in [3.63, 3.8) is 0 Å². The highest BCUT2D eigenvalue weighted by atomic mass is 15.2. The molecule has 2 heteroatoms. The van der Waals surface area contributed by atoms with Crippen molar-refractivity contribution in [2.24, 2.45) is 0 Å². The number of aryl methyl sites for hydroxylation is 4. The number of benzene rings is 9. The number of rotatable bonds is 8. The van der Waals surface area contributed by atoms with E-state index in [1.165, 1.54) is 101 Å². The molecule has 0 aromatic heterocycles. The van der Waals surface area contributed by atoms with Crippen molar-refractivity contribution in [2.75, 3.05) is 9.80 Å². The van der Waals surface area contributed by atoms with Gasteiger partial charge >= 0.3 is 0 Å². The molecule has 5 aliphatic rings. The van der Waals surface area contributed by atoms with E-state index >= 15 is 0 Å². The summed E-state index contributed by atoms with van der Waals surface area (Å²) in [5, 5.41) is 0. The van der Waals surface area contributed by atoms with Crippen molar-refractivity contribution in [2.45, 2.75) is 44.9 Å². The molecule has 2 nitrogen and oxygen atoms in total. The summed E-state index contributed by atoms with van der Waals surface area (Å²) < 4.78 is 0. The van der Waals surface area contributed by atoms with Crippen molar-refractivity contribution in [3.8, 4) is 33.4 Å². The van der Waals surface area contributed by atoms with Crippen LogP contribution in [0.25, 0.3) is 33.4 Å². The maximum atomic E-state index is 2.60. The van der Waals surface area contributed by atoms with Gasteiger partial charge in [0.25, 0.3) is 0 Å². The first kappa shape index (κ1) is 38.5. The lowest BCUT2D eigenvalue weighted by atomic mass is 9.81. The number of nitrogens with zero attached hydrogens (tertiary/aromatic N) is 2. The summed E-state index contributed by atoms with van der Waals surface area (Å²) in [7, 11) is 0. The molecule has 304 valence electrons. The highest BCUT2D eigenvalue weighted by Gasteiger charge is 2.38. The lowest BCUT2D eigenvalue weighted by Crippen LogP contribution is -2.18. The molecule has 0 spiro atoms. The van der Waals surface area contributed by atoms with Crippen LogP contribution >= 0.6 is 0 Å². The molecule has 63 heavy (non-hydrogen) atoms. The molecular formula is C61H50N2. The van der Waals surface area contributed by atoms with Crippen LogP contribution in [-0.2, 0) is 31.1 Å². The molecule has 0 saturated carbocycles. The zero-order valence-electron chi connectivity index (χ0n) is 36.0. The highest BCUT2D eigenvalue weighted by molar-refractivity contribution is 5.97. The van der Waals surface area contributed by atoms with E-state index in [2.05, 4.69) is 242 Å². The maximum Gasteiger partial charge on any atom is 0.0540 e. The van der Waals surface area contributed by atoms with Gasteiger partial charge in [0, 0.05) is 39.4 Å². The van der Waals surface area contributed by atoms with Crippen LogP contribution in [0.4, 0.5) is 34.1 Å². The molecule has 0 N–H and O–H groups in total. The van der Waals surface area contributed by atoms with Crippen LogP contribution in [-0.4, -0.2) is 0 Å². The third-order valence-corrected chi connectivity index (χ3v) is 13.4. The topological polar surface area (TPSA) is 6.48 Å². The quantitative estimate of drug-likeness (QED) is 0.151. The zero-order valence-corrected chi connectivity index (χ0v) is 36.0. The largest absolute Gasteiger partial charge is 0.310 e. The lowest BCUT2D eigenvalue weighted by molar-refractivity contribution is 0.660. The van der Waals surface area contributed by atoms with E-state index in [9.17, 15) is 0 Å². The summed E-state index contributed by atoms with van der Waals surface area (Å²) in [6.45, 7) is 4.80. The van der Waals surface area contributed by atoms with Gasteiger partial charge in [-0.3, -0.25) is 0 Å². The predicted molar refractivity (Wildman–Crippen MR) is 266 cm³/mol. The van der Waals surface area contributed by atoms with E-state index in [4.69, 9.17) is 0 Å². The number of fused-ring (bicyclic) bond motifs is 3. The first-order chi connectivity index (χ1) is 31.0. The molecule has 0 radical (unpaired) electrons. The number of anilines is 6. The van der Waals surface area contributed by atoms with E-state index in [0.29, 0.717) is 0 Å². The Kier molecular flexibility index (Phi) is 9.85. The van der Waals surface area contributed by atoms with E-state index in [1.807, 2.05) is 0 Å². The van der Waals surface area contributed by atoms with Gasteiger partial charge in [0.15, 0.2) is 0 Å². The van der Waals surface area contributed by atoms with E-state index in [-0.39, 0.29) is 5.41 Å². The summed E-state index contributed by atoms with van der Waals surface area (Å²) >= 11 is 0. The van der Waals surface area contributed by atoms with E-state index in [1.54, 1.807) is 0 Å². The molecule has 0 amide bonds. The molecular weight excluding hydrogens is 761 g/mol. The second kappa shape index (κ2) is 16.1. The van der Waals surface area contributed by atoms with Gasteiger partial charge in [-0.05, 0) is 141 Å². The zero-order chi connectivity index (χ0) is 42.3. The van der Waals surface area contributed by atoms with Gasteiger partial charge in [-0.2, -0.15) is 0 Å². The number of hydrogen-bond acceptors (Lipinski definition) is 2. The summed E-state index contributed by atoms with van der Waals surface area (Å²) in [5.74, 6) is 0. The van der Waals surface area contributed by atoms with Gasteiger partial charge in [0.1, 0.15) is 0 Å². The lowest BCUT2D eigenvalue weighted by Gasteiger charge is -2.33. The minimum atomic E-state index is -0.186. The van der Waals surface area contributed by atoms with E-state index in [0.717, 1.165) is 25.7 Å². The van der Waals surface area contributed by atoms with Crippen LogP contribution in [0.1, 0.15) is 47.2 Å². The third kappa shape index (κ3) is 7.02. The Morgan fingerprint density at radius 2 is 0.810 bits per heavy atom. The summed E-state index contributed by atoms with van der Waals surface area (Å²) in [6, 6.07) is 81.1. The van der Waals surface area contributed by atoms with Crippen molar-refractivity contribution in [1.82, 2.24) is 0 Å². The van der Waals surface area contributed by atoms with E-state index < -0.39 is 0 Å². The fourth-order valence-electron chi connectivity index (χ4n) is 10.2. The molecule has 14 rings (SSSR count). The smallest absolute Gasteiger partial charge is 0.0540 e. The second-order valence-electron chi connectivity index (χ2n) is 17.6. The Morgan fingerprint density at radius 1 is 0.333 bits per heavy atom. The fraction of sp³-hybridized carbons (Fsp3) is 0.115. The van der Waals surface area contributed by atoms with Crippen molar-refractivity contribution < 1.29 is 0 Å². The van der Waals surface area contributed by atoms with Crippen LogP contribution in [0.15, 0.2) is 218 Å². The van der Waals surface area contributed by atoms with Gasteiger partial charge in [-0.25, -0.2) is 0 Å². The van der Waals surface area contributed by atoms with Gasteiger partial charge < -0.3 is 9.80 Å². The van der Waals surface area contributed by atoms with Gasteiger partial charge in [-0.15, -0.1) is 0 Å². The average Bonchev–Trinajstić information content (AvgIpc) is 3.57. The van der Waals surface area contributed by atoms with Crippen molar-refractivity contribution >= 4 is 34.1 Å². The van der Waals surface area contributed by atoms with Crippen LogP contribution < -0.4 is 9.80 Å². The second-order valence-corrected chi connectivity index (χ2v) is 17.6. The number of para-hydroxylation sites is 3. The summed E-state index contributed by atoms with van der Waals surface area (Å²) in [6.07, 6.45) is 3.62. The Hall–Kier alpha value is -7.42. The Morgan fingerprint density at radius 3 is 1.40 bits per heavy atom. The van der Waals surface area contributed by atoms with Gasteiger partial charge in [0.2, 0.25) is 0 Å². The molecule has 5 aliphatic carbocycles. The minimum absolute atomic E-state index is 0.186. The molecule has 9 aromatic rings. The van der Waals surface area contributed by atoms with Crippen molar-refractivity contribution in [3.05, 3.63) is 252 Å². The first-order valence-corrected chi connectivity index (χ1v) is 22.4. The molecule has 0 atom stereocenters. The van der Waals surface area contributed by atoms with Crippen LogP contribution in [0, 0.1) is 0 Å². The normalized spacial score (nSPS) is 13.4.